The normalized spacial score (nSPS) is 16.6. The molecule has 1 aliphatic heterocycles. The SMILES string of the molecule is Cc1oncc1C(=O)N1CCCC1Cn1nc(-c2cccnc2)ccc1=O. The van der Waals surface area contributed by atoms with Gasteiger partial charge in [0.05, 0.1) is 24.5 Å². The third-order valence-electron chi connectivity index (χ3n) is 4.83. The molecule has 0 saturated carbocycles. The number of carbonyl (C=O) groups is 1. The molecule has 1 amide bonds. The van der Waals surface area contributed by atoms with Gasteiger partial charge in [0.2, 0.25) is 0 Å². The van der Waals surface area contributed by atoms with E-state index in [1.54, 1.807) is 30.3 Å². The first-order valence-electron chi connectivity index (χ1n) is 8.84. The fraction of sp³-hybridized carbons (Fsp3) is 0.316. The first-order chi connectivity index (χ1) is 13.1. The maximum atomic E-state index is 12.8. The van der Waals surface area contributed by atoms with Gasteiger partial charge in [-0.05, 0) is 38.0 Å². The van der Waals surface area contributed by atoms with E-state index in [2.05, 4.69) is 15.2 Å². The van der Waals surface area contributed by atoms with Gasteiger partial charge in [-0.1, -0.05) is 5.16 Å². The standard InChI is InChI=1S/C19H19N5O3/c1-13-16(11-21-27-13)19(26)23-9-3-5-15(23)12-24-18(25)7-6-17(22-24)14-4-2-8-20-10-14/h2,4,6-8,10-11,15H,3,5,9,12H2,1H3. The number of aromatic nitrogens is 4. The van der Waals surface area contributed by atoms with Crippen molar-refractivity contribution >= 4 is 5.91 Å². The van der Waals surface area contributed by atoms with Crippen molar-refractivity contribution in [2.24, 2.45) is 0 Å². The highest BCUT2D eigenvalue weighted by Gasteiger charge is 2.31. The number of rotatable bonds is 4. The zero-order valence-corrected chi connectivity index (χ0v) is 14.9. The highest BCUT2D eigenvalue weighted by Crippen LogP contribution is 2.22. The van der Waals surface area contributed by atoms with Crippen LogP contribution in [0.1, 0.15) is 29.0 Å². The van der Waals surface area contributed by atoms with Crippen LogP contribution in [-0.2, 0) is 6.54 Å². The van der Waals surface area contributed by atoms with Gasteiger partial charge in [0.1, 0.15) is 11.3 Å². The predicted octanol–water partition coefficient (Wildman–Crippen LogP) is 1.91. The quantitative estimate of drug-likeness (QED) is 0.701. The van der Waals surface area contributed by atoms with E-state index in [4.69, 9.17) is 4.52 Å². The lowest BCUT2D eigenvalue weighted by Crippen LogP contribution is -2.40. The van der Waals surface area contributed by atoms with E-state index in [0.717, 1.165) is 18.4 Å². The minimum Gasteiger partial charge on any atom is -0.361 e. The number of carbonyl (C=O) groups excluding carboxylic acids is 1. The molecule has 4 rings (SSSR count). The van der Waals surface area contributed by atoms with Crippen LogP contribution in [0.2, 0.25) is 0 Å². The van der Waals surface area contributed by atoms with Crippen molar-refractivity contribution in [1.82, 2.24) is 24.8 Å². The average Bonchev–Trinajstić information content (AvgIpc) is 3.32. The van der Waals surface area contributed by atoms with E-state index < -0.39 is 0 Å². The Morgan fingerprint density at radius 1 is 1.30 bits per heavy atom. The summed E-state index contributed by atoms with van der Waals surface area (Å²) in [6, 6.07) is 6.81. The lowest BCUT2D eigenvalue weighted by atomic mass is 10.2. The van der Waals surface area contributed by atoms with E-state index in [1.165, 1.54) is 16.9 Å². The van der Waals surface area contributed by atoms with E-state index >= 15 is 0 Å². The third-order valence-corrected chi connectivity index (χ3v) is 4.83. The molecule has 0 aromatic carbocycles. The lowest BCUT2D eigenvalue weighted by molar-refractivity contribution is 0.0718. The van der Waals surface area contributed by atoms with Crippen molar-refractivity contribution in [2.45, 2.75) is 32.4 Å². The Kier molecular flexibility index (Phi) is 4.53. The minimum atomic E-state index is -0.192. The van der Waals surface area contributed by atoms with Crippen molar-refractivity contribution in [2.75, 3.05) is 6.54 Å². The molecule has 1 atom stereocenters. The molecule has 4 heterocycles. The van der Waals surface area contributed by atoms with E-state index in [9.17, 15) is 9.59 Å². The van der Waals surface area contributed by atoms with Crippen molar-refractivity contribution in [3.8, 4) is 11.3 Å². The number of pyridine rings is 1. The van der Waals surface area contributed by atoms with Crippen LogP contribution in [0, 0.1) is 6.92 Å². The Morgan fingerprint density at radius 2 is 2.19 bits per heavy atom. The number of hydrogen-bond acceptors (Lipinski definition) is 6. The van der Waals surface area contributed by atoms with Crippen LogP contribution in [0.3, 0.4) is 0 Å². The summed E-state index contributed by atoms with van der Waals surface area (Å²) in [4.78, 5) is 31.0. The van der Waals surface area contributed by atoms with Gasteiger partial charge in [0.15, 0.2) is 0 Å². The van der Waals surface area contributed by atoms with Crippen LogP contribution >= 0.6 is 0 Å². The summed E-state index contributed by atoms with van der Waals surface area (Å²) < 4.78 is 6.44. The molecule has 0 N–H and O–H groups in total. The van der Waals surface area contributed by atoms with Crippen LogP contribution in [0.5, 0.6) is 0 Å². The van der Waals surface area contributed by atoms with Crippen LogP contribution in [0.15, 0.2) is 52.2 Å². The molecule has 27 heavy (non-hydrogen) atoms. The molecule has 8 nitrogen and oxygen atoms in total. The zero-order chi connectivity index (χ0) is 18.8. The summed E-state index contributed by atoms with van der Waals surface area (Å²) in [6.07, 6.45) is 6.55. The Balaban J connectivity index is 1.59. The fourth-order valence-electron chi connectivity index (χ4n) is 3.40. The maximum Gasteiger partial charge on any atom is 0.266 e. The fourth-order valence-corrected chi connectivity index (χ4v) is 3.40. The Bertz CT molecular complexity index is 1010. The summed E-state index contributed by atoms with van der Waals surface area (Å²) in [5.74, 6) is 0.382. The molecule has 0 spiro atoms. The predicted molar refractivity (Wildman–Crippen MR) is 97.0 cm³/mol. The van der Waals surface area contributed by atoms with Crippen molar-refractivity contribution in [3.05, 3.63) is 64.5 Å². The molecule has 138 valence electrons. The van der Waals surface area contributed by atoms with Crippen molar-refractivity contribution < 1.29 is 9.32 Å². The number of nitrogens with zero attached hydrogens (tertiary/aromatic N) is 5. The maximum absolute atomic E-state index is 12.8. The summed E-state index contributed by atoms with van der Waals surface area (Å²) in [5, 5.41) is 8.16. The Hall–Kier alpha value is -3.29. The van der Waals surface area contributed by atoms with Crippen LogP contribution in [0.25, 0.3) is 11.3 Å². The van der Waals surface area contributed by atoms with E-state index in [0.29, 0.717) is 30.1 Å². The molecule has 1 aliphatic rings. The summed E-state index contributed by atoms with van der Waals surface area (Å²) in [5.41, 5.74) is 1.79. The van der Waals surface area contributed by atoms with Gasteiger partial charge in [0, 0.05) is 30.6 Å². The smallest absolute Gasteiger partial charge is 0.266 e. The Labute approximate surface area is 155 Å². The van der Waals surface area contributed by atoms with Gasteiger partial charge in [-0.3, -0.25) is 14.6 Å². The average molecular weight is 365 g/mol. The molecule has 0 radical (unpaired) electrons. The molecule has 1 unspecified atom stereocenters. The number of likely N-dealkylation sites (tertiary alicyclic amines) is 1. The first-order valence-corrected chi connectivity index (χ1v) is 8.84. The van der Waals surface area contributed by atoms with Crippen molar-refractivity contribution in [3.63, 3.8) is 0 Å². The minimum absolute atomic E-state index is 0.0962. The van der Waals surface area contributed by atoms with Crippen LogP contribution < -0.4 is 5.56 Å². The summed E-state index contributed by atoms with van der Waals surface area (Å²) in [7, 11) is 0. The van der Waals surface area contributed by atoms with Crippen LogP contribution in [-0.4, -0.2) is 43.3 Å². The highest BCUT2D eigenvalue weighted by atomic mass is 16.5. The monoisotopic (exact) mass is 365 g/mol. The molecular formula is C19H19N5O3. The molecule has 0 bridgehead atoms. The zero-order valence-electron chi connectivity index (χ0n) is 14.9. The van der Waals surface area contributed by atoms with Gasteiger partial charge in [-0.2, -0.15) is 5.10 Å². The summed E-state index contributed by atoms with van der Waals surface area (Å²) in [6.45, 7) is 2.71. The molecular weight excluding hydrogens is 346 g/mol. The third kappa shape index (κ3) is 3.38. The number of aryl methyl sites for hydroxylation is 1. The van der Waals surface area contributed by atoms with Gasteiger partial charge >= 0.3 is 0 Å². The number of amides is 1. The second-order valence-electron chi connectivity index (χ2n) is 6.57. The van der Waals surface area contributed by atoms with Gasteiger partial charge < -0.3 is 9.42 Å². The lowest BCUT2D eigenvalue weighted by Gasteiger charge is -2.24. The van der Waals surface area contributed by atoms with E-state index in [-0.39, 0.29) is 17.5 Å². The second kappa shape index (κ2) is 7.14. The van der Waals surface area contributed by atoms with Gasteiger partial charge in [-0.15, -0.1) is 0 Å². The van der Waals surface area contributed by atoms with E-state index in [1.807, 2.05) is 12.1 Å². The molecule has 0 aliphatic carbocycles. The first kappa shape index (κ1) is 17.1. The number of hydrogen-bond donors (Lipinski definition) is 0. The second-order valence-corrected chi connectivity index (χ2v) is 6.57. The van der Waals surface area contributed by atoms with Gasteiger partial charge in [-0.25, -0.2) is 4.68 Å². The summed E-state index contributed by atoms with van der Waals surface area (Å²) >= 11 is 0. The molecule has 1 saturated heterocycles. The molecule has 1 fully saturated rings. The largest absolute Gasteiger partial charge is 0.361 e. The molecule has 3 aromatic heterocycles. The highest BCUT2D eigenvalue weighted by molar-refractivity contribution is 5.95. The molecule has 3 aromatic rings. The van der Waals surface area contributed by atoms with Crippen molar-refractivity contribution in [1.29, 1.82) is 0 Å². The topological polar surface area (TPSA) is 94.1 Å². The Morgan fingerprint density at radius 3 is 2.93 bits per heavy atom. The van der Waals surface area contributed by atoms with Crippen LogP contribution in [0.4, 0.5) is 0 Å². The molecule has 8 heteroatoms. The van der Waals surface area contributed by atoms with Gasteiger partial charge in [0.25, 0.3) is 11.5 Å².